The van der Waals surface area contributed by atoms with Crippen molar-refractivity contribution in [3.8, 4) is 0 Å². The molecule has 5 unspecified atom stereocenters. The maximum absolute atomic E-state index is 13.3. The van der Waals surface area contributed by atoms with Gasteiger partial charge in [0.1, 0.15) is 18.1 Å². The molecule has 0 aliphatic rings. The summed E-state index contributed by atoms with van der Waals surface area (Å²) in [5, 5.41) is 17.5. The predicted molar refractivity (Wildman–Crippen MR) is 146 cm³/mol. The van der Waals surface area contributed by atoms with Gasteiger partial charge in [-0.2, -0.15) is 0 Å². The lowest BCUT2D eigenvalue weighted by Gasteiger charge is -2.28. The van der Waals surface area contributed by atoms with Gasteiger partial charge in [0.25, 0.3) is 0 Å². The standard InChI is InChI=1S/C24H44N10O5/c1-3-14(2)19(34-20(35)16(26)11-15-12-29-13-31-15)22(37)32-17(7-4-5-9-25)21(36)33-18(23(38)39)8-6-10-30-24(27)28/h12-14,16-19H,3-11,25-26H2,1-2H3,(H,29,31)(H,32,37)(H,33,36)(H,34,35)(H,38,39)(H4,27,28,30). The number of H-pyrrole nitrogens is 1. The van der Waals surface area contributed by atoms with Gasteiger partial charge in [0.15, 0.2) is 5.96 Å². The molecule has 5 atom stereocenters. The quantitative estimate of drug-likeness (QED) is 0.0519. The van der Waals surface area contributed by atoms with Crippen molar-refractivity contribution in [3.63, 3.8) is 0 Å². The van der Waals surface area contributed by atoms with E-state index in [4.69, 9.17) is 22.9 Å². The van der Waals surface area contributed by atoms with E-state index < -0.39 is 47.9 Å². The third-order valence-corrected chi connectivity index (χ3v) is 6.26. The highest BCUT2D eigenvalue weighted by Crippen LogP contribution is 2.11. The number of unbranched alkanes of at least 4 members (excludes halogenated alkanes) is 1. The molecule has 0 saturated heterocycles. The van der Waals surface area contributed by atoms with Crippen molar-refractivity contribution in [3.05, 3.63) is 18.2 Å². The zero-order chi connectivity index (χ0) is 29.4. The maximum atomic E-state index is 13.3. The van der Waals surface area contributed by atoms with E-state index in [0.29, 0.717) is 37.9 Å². The van der Waals surface area contributed by atoms with Gasteiger partial charge >= 0.3 is 5.97 Å². The number of rotatable bonds is 19. The number of nitrogens with zero attached hydrogens (tertiary/aromatic N) is 2. The molecule has 0 bridgehead atoms. The molecule has 39 heavy (non-hydrogen) atoms. The van der Waals surface area contributed by atoms with E-state index in [1.807, 2.05) is 6.92 Å². The molecule has 15 heteroatoms. The van der Waals surface area contributed by atoms with Crippen molar-refractivity contribution in [2.45, 2.75) is 83.0 Å². The Bertz CT molecular complexity index is 936. The molecule has 13 N–H and O–H groups in total. The van der Waals surface area contributed by atoms with Crippen molar-refractivity contribution >= 4 is 29.7 Å². The number of amides is 3. The number of imidazole rings is 1. The average molecular weight is 553 g/mol. The number of carboxylic acid groups (broad SMARTS) is 1. The topological polar surface area (TPSA) is 270 Å². The van der Waals surface area contributed by atoms with Crippen LogP contribution in [0.3, 0.4) is 0 Å². The van der Waals surface area contributed by atoms with Gasteiger partial charge in [0, 0.05) is 24.9 Å². The number of nitrogens with one attached hydrogen (secondary N) is 4. The highest BCUT2D eigenvalue weighted by atomic mass is 16.4. The van der Waals surface area contributed by atoms with Gasteiger partial charge in [0.2, 0.25) is 17.7 Å². The van der Waals surface area contributed by atoms with Crippen molar-refractivity contribution in [1.29, 1.82) is 0 Å². The Morgan fingerprint density at radius 1 is 1.03 bits per heavy atom. The second-order valence-corrected chi connectivity index (χ2v) is 9.45. The minimum Gasteiger partial charge on any atom is -0.480 e. The Morgan fingerprint density at radius 2 is 1.69 bits per heavy atom. The van der Waals surface area contributed by atoms with Crippen molar-refractivity contribution in [2.24, 2.45) is 33.8 Å². The molecule has 220 valence electrons. The Hall–Kier alpha value is -3.72. The van der Waals surface area contributed by atoms with E-state index in [1.165, 1.54) is 6.33 Å². The Kier molecular flexibility index (Phi) is 15.1. The number of nitrogens with two attached hydrogens (primary N) is 4. The first-order valence-corrected chi connectivity index (χ1v) is 13.1. The lowest BCUT2D eigenvalue weighted by molar-refractivity contribution is -0.142. The number of carboxylic acids is 1. The van der Waals surface area contributed by atoms with Gasteiger partial charge in [0.05, 0.1) is 12.4 Å². The Morgan fingerprint density at radius 3 is 2.26 bits per heavy atom. The molecule has 1 aromatic rings. The summed E-state index contributed by atoms with van der Waals surface area (Å²) in [7, 11) is 0. The first kappa shape index (κ1) is 33.3. The van der Waals surface area contributed by atoms with Gasteiger partial charge in [-0.3, -0.25) is 19.4 Å². The fourth-order valence-corrected chi connectivity index (χ4v) is 3.74. The lowest BCUT2D eigenvalue weighted by Crippen LogP contribution is -2.58. The summed E-state index contributed by atoms with van der Waals surface area (Å²) >= 11 is 0. The first-order valence-electron chi connectivity index (χ1n) is 13.1. The molecule has 0 spiro atoms. The molecular formula is C24H44N10O5. The number of aliphatic imine (C=N–C) groups is 1. The van der Waals surface area contributed by atoms with Crippen LogP contribution in [0.15, 0.2) is 17.5 Å². The number of carbonyl (C=O) groups excluding carboxylic acids is 3. The van der Waals surface area contributed by atoms with Crippen LogP contribution in [0.5, 0.6) is 0 Å². The van der Waals surface area contributed by atoms with Crippen LogP contribution >= 0.6 is 0 Å². The molecule has 15 nitrogen and oxygen atoms in total. The van der Waals surface area contributed by atoms with Crippen LogP contribution in [0.25, 0.3) is 0 Å². The molecule has 0 aromatic carbocycles. The van der Waals surface area contributed by atoms with Gasteiger partial charge in [-0.25, -0.2) is 9.78 Å². The summed E-state index contributed by atoms with van der Waals surface area (Å²) < 4.78 is 0. The maximum Gasteiger partial charge on any atom is 0.326 e. The van der Waals surface area contributed by atoms with Crippen LogP contribution in [-0.4, -0.2) is 82.0 Å². The minimum absolute atomic E-state index is 0.0844. The van der Waals surface area contributed by atoms with E-state index in [-0.39, 0.29) is 37.7 Å². The summed E-state index contributed by atoms with van der Waals surface area (Å²) in [4.78, 5) is 61.5. The number of aromatic nitrogens is 2. The number of hydrogen-bond acceptors (Lipinski definition) is 8. The molecule has 0 aliphatic carbocycles. The third kappa shape index (κ3) is 12.6. The number of aromatic amines is 1. The van der Waals surface area contributed by atoms with Crippen LogP contribution in [0, 0.1) is 5.92 Å². The number of hydrogen-bond donors (Lipinski definition) is 9. The summed E-state index contributed by atoms with van der Waals surface area (Å²) in [5.74, 6) is -3.36. The first-order chi connectivity index (χ1) is 18.5. The molecule has 3 amide bonds. The molecule has 1 heterocycles. The number of guanidine groups is 1. The minimum atomic E-state index is -1.23. The van der Waals surface area contributed by atoms with Gasteiger partial charge in [-0.1, -0.05) is 20.3 Å². The van der Waals surface area contributed by atoms with Gasteiger partial charge < -0.3 is 49.0 Å². The Balaban J connectivity index is 2.95. The average Bonchev–Trinajstić information content (AvgIpc) is 3.40. The summed E-state index contributed by atoms with van der Waals surface area (Å²) in [6, 6.07) is -4.13. The summed E-state index contributed by atoms with van der Waals surface area (Å²) in [5.41, 5.74) is 22.8. The fourth-order valence-electron chi connectivity index (χ4n) is 3.74. The molecule has 1 rings (SSSR count). The highest BCUT2D eigenvalue weighted by Gasteiger charge is 2.32. The largest absolute Gasteiger partial charge is 0.480 e. The molecule has 0 fully saturated rings. The Labute approximate surface area is 228 Å². The molecule has 1 aromatic heterocycles. The molecular weight excluding hydrogens is 508 g/mol. The number of carbonyl (C=O) groups is 4. The van der Waals surface area contributed by atoms with Crippen LogP contribution in [0.2, 0.25) is 0 Å². The van der Waals surface area contributed by atoms with E-state index in [1.54, 1.807) is 13.1 Å². The molecule has 0 radical (unpaired) electrons. The van der Waals surface area contributed by atoms with E-state index >= 15 is 0 Å². The van der Waals surface area contributed by atoms with E-state index in [0.717, 1.165) is 0 Å². The molecule has 0 saturated carbocycles. The van der Waals surface area contributed by atoms with Crippen LogP contribution in [0.4, 0.5) is 0 Å². The van der Waals surface area contributed by atoms with Crippen molar-refractivity contribution in [1.82, 2.24) is 25.9 Å². The highest BCUT2D eigenvalue weighted by molar-refractivity contribution is 5.94. The zero-order valence-electron chi connectivity index (χ0n) is 22.7. The summed E-state index contributed by atoms with van der Waals surface area (Å²) in [6.45, 7) is 4.26. The van der Waals surface area contributed by atoms with E-state index in [2.05, 4.69) is 30.9 Å². The monoisotopic (exact) mass is 552 g/mol. The summed E-state index contributed by atoms with van der Waals surface area (Å²) in [6.07, 6.45) is 5.56. The smallest absolute Gasteiger partial charge is 0.326 e. The van der Waals surface area contributed by atoms with Crippen LogP contribution in [-0.2, 0) is 25.6 Å². The van der Waals surface area contributed by atoms with Crippen LogP contribution in [0.1, 0.15) is 58.1 Å². The second kappa shape index (κ2) is 17.7. The predicted octanol–water partition coefficient (Wildman–Crippen LogP) is -1.95. The fraction of sp³-hybridized carbons (Fsp3) is 0.667. The van der Waals surface area contributed by atoms with Crippen molar-refractivity contribution < 1.29 is 24.3 Å². The van der Waals surface area contributed by atoms with Crippen molar-refractivity contribution in [2.75, 3.05) is 13.1 Å². The SMILES string of the molecule is CCC(C)C(NC(=O)C(N)Cc1cnc[nH]1)C(=O)NC(CCCCN)C(=O)NC(CCCN=C(N)N)C(=O)O. The van der Waals surface area contributed by atoms with Crippen LogP contribution < -0.4 is 38.9 Å². The third-order valence-electron chi connectivity index (χ3n) is 6.26. The molecule has 0 aliphatic heterocycles. The normalized spacial score (nSPS) is 14.8. The lowest BCUT2D eigenvalue weighted by atomic mass is 9.96. The van der Waals surface area contributed by atoms with E-state index in [9.17, 15) is 24.3 Å². The zero-order valence-corrected chi connectivity index (χ0v) is 22.7. The second-order valence-electron chi connectivity index (χ2n) is 9.45. The van der Waals surface area contributed by atoms with Gasteiger partial charge in [-0.15, -0.1) is 0 Å². The van der Waals surface area contributed by atoms with Gasteiger partial charge in [-0.05, 0) is 44.6 Å². The number of aliphatic carboxylic acids is 1.